The Kier molecular flexibility index (Phi) is 4.13. The van der Waals surface area contributed by atoms with Crippen molar-refractivity contribution in [1.29, 1.82) is 0 Å². The highest BCUT2D eigenvalue weighted by molar-refractivity contribution is 5.94. The van der Waals surface area contributed by atoms with E-state index in [2.05, 4.69) is 18.2 Å². The lowest BCUT2D eigenvalue weighted by Gasteiger charge is -2.11. The van der Waals surface area contributed by atoms with Crippen molar-refractivity contribution in [1.82, 2.24) is 0 Å². The van der Waals surface area contributed by atoms with Crippen molar-refractivity contribution in [3.63, 3.8) is 0 Å². The molecule has 0 unspecified atom stereocenters. The molecule has 0 spiro atoms. The van der Waals surface area contributed by atoms with Gasteiger partial charge in [-0.2, -0.15) is 0 Å². The van der Waals surface area contributed by atoms with Crippen molar-refractivity contribution in [2.75, 3.05) is 0 Å². The first-order valence-electron chi connectivity index (χ1n) is 6.58. The molecule has 0 saturated carbocycles. The number of carbonyl (C=O) groups excluding carboxylic acids is 1. The summed E-state index contributed by atoms with van der Waals surface area (Å²) in [4.78, 5) is 11.2. The van der Waals surface area contributed by atoms with Crippen LogP contribution in [-0.4, -0.2) is 5.78 Å². The summed E-state index contributed by atoms with van der Waals surface area (Å²) in [7, 11) is 0. The van der Waals surface area contributed by atoms with Crippen LogP contribution in [0.4, 0.5) is 0 Å². The van der Waals surface area contributed by atoms with Crippen LogP contribution in [0.25, 0.3) is 5.57 Å². The Hall–Kier alpha value is -1.37. The minimum absolute atomic E-state index is 0.142. The van der Waals surface area contributed by atoms with Gasteiger partial charge in [0, 0.05) is 5.56 Å². The van der Waals surface area contributed by atoms with E-state index in [0.717, 1.165) is 5.56 Å². The van der Waals surface area contributed by atoms with Crippen molar-refractivity contribution < 1.29 is 4.79 Å². The smallest absolute Gasteiger partial charge is 0.159 e. The van der Waals surface area contributed by atoms with E-state index in [1.165, 1.54) is 49.7 Å². The van der Waals surface area contributed by atoms with Gasteiger partial charge in [-0.15, -0.1) is 0 Å². The van der Waals surface area contributed by atoms with Crippen molar-refractivity contribution in [3.8, 4) is 0 Å². The zero-order chi connectivity index (χ0) is 12.1. The topological polar surface area (TPSA) is 17.1 Å². The molecular formula is C16H20O. The number of carbonyl (C=O) groups is 1. The van der Waals surface area contributed by atoms with E-state index in [4.69, 9.17) is 0 Å². The van der Waals surface area contributed by atoms with E-state index >= 15 is 0 Å². The summed E-state index contributed by atoms with van der Waals surface area (Å²) in [5.74, 6) is 0.142. The first kappa shape index (κ1) is 12.1. The average Bonchev–Trinajstić information content (AvgIpc) is 2.29. The molecule has 0 heterocycles. The normalized spacial score (nSPS) is 19.9. The molecule has 0 atom stereocenters. The number of ketones is 1. The molecule has 0 amide bonds. The van der Waals surface area contributed by atoms with Crippen LogP contribution in [0.5, 0.6) is 0 Å². The van der Waals surface area contributed by atoms with Gasteiger partial charge >= 0.3 is 0 Å². The molecule has 0 N–H and O–H groups in total. The minimum atomic E-state index is 0.142. The second-order valence-corrected chi connectivity index (χ2v) is 4.82. The lowest BCUT2D eigenvalue weighted by atomic mass is 9.94. The maximum Gasteiger partial charge on any atom is 0.159 e. The summed E-state index contributed by atoms with van der Waals surface area (Å²) in [6, 6.07) is 8.06. The molecule has 1 aromatic rings. The summed E-state index contributed by atoms with van der Waals surface area (Å²) < 4.78 is 0. The number of rotatable bonds is 2. The number of hydrogen-bond acceptors (Lipinski definition) is 1. The fourth-order valence-corrected chi connectivity index (χ4v) is 2.37. The highest BCUT2D eigenvalue weighted by Gasteiger charge is 2.05. The molecule has 17 heavy (non-hydrogen) atoms. The number of allylic oxidation sites excluding steroid dienone is 2. The Balaban J connectivity index is 2.17. The van der Waals surface area contributed by atoms with Crippen LogP contribution in [0.15, 0.2) is 30.3 Å². The van der Waals surface area contributed by atoms with Crippen LogP contribution in [0.1, 0.15) is 61.4 Å². The molecule has 0 saturated heterocycles. The van der Waals surface area contributed by atoms with E-state index in [0.29, 0.717) is 0 Å². The lowest BCUT2D eigenvalue weighted by molar-refractivity contribution is 0.101. The van der Waals surface area contributed by atoms with E-state index in [9.17, 15) is 4.79 Å². The first-order chi connectivity index (χ1) is 8.27. The van der Waals surface area contributed by atoms with Crippen LogP contribution in [0.2, 0.25) is 0 Å². The predicted octanol–water partition coefficient (Wildman–Crippen LogP) is 4.63. The largest absolute Gasteiger partial charge is 0.295 e. The molecule has 0 radical (unpaired) electrons. The van der Waals surface area contributed by atoms with Crippen molar-refractivity contribution in [3.05, 3.63) is 41.5 Å². The van der Waals surface area contributed by atoms with Gasteiger partial charge in [0.1, 0.15) is 0 Å². The molecule has 0 aromatic heterocycles. The molecule has 2 rings (SSSR count). The van der Waals surface area contributed by atoms with Gasteiger partial charge in [-0.1, -0.05) is 43.2 Å². The fourth-order valence-electron chi connectivity index (χ4n) is 2.37. The Morgan fingerprint density at radius 3 is 2.41 bits per heavy atom. The maximum atomic E-state index is 11.2. The summed E-state index contributed by atoms with van der Waals surface area (Å²) in [6.45, 7) is 1.62. The summed E-state index contributed by atoms with van der Waals surface area (Å²) >= 11 is 0. The zero-order valence-electron chi connectivity index (χ0n) is 10.5. The third-order valence-corrected chi connectivity index (χ3v) is 3.45. The molecule has 0 bridgehead atoms. The van der Waals surface area contributed by atoms with Crippen molar-refractivity contribution >= 4 is 11.4 Å². The number of Topliss-reactive ketones (excluding diaryl/α,β-unsaturated/α-hetero) is 1. The van der Waals surface area contributed by atoms with Crippen LogP contribution in [0, 0.1) is 0 Å². The summed E-state index contributed by atoms with van der Waals surface area (Å²) in [6.07, 6.45) is 10.1. The third-order valence-electron chi connectivity index (χ3n) is 3.45. The number of benzene rings is 1. The van der Waals surface area contributed by atoms with Crippen molar-refractivity contribution in [2.45, 2.75) is 45.4 Å². The van der Waals surface area contributed by atoms with Crippen LogP contribution < -0.4 is 0 Å². The van der Waals surface area contributed by atoms with Gasteiger partial charge in [0.25, 0.3) is 0 Å². The van der Waals surface area contributed by atoms with Crippen LogP contribution in [0.3, 0.4) is 0 Å². The van der Waals surface area contributed by atoms with E-state index in [-0.39, 0.29) is 5.78 Å². The molecule has 1 nitrogen and oxygen atoms in total. The monoisotopic (exact) mass is 228 g/mol. The number of hydrogen-bond donors (Lipinski definition) is 0. The standard InChI is InChI=1S/C16H20O/c1-13(17)14-9-11-16(12-10-14)15-7-5-3-2-4-6-8-15/h7,9-12H,2-6,8H2,1H3/b15-7+. The van der Waals surface area contributed by atoms with Gasteiger partial charge in [-0.05, 0) is 43.7 Å². The molecular weight excluding hydrogens is 208 g/mol. The van der Waals surface area contributed by atoms with Gasteiger partial charge in [-0.3, -0.25) is 4.79 Å². The Bertz CT molecular complexity index is 412. The molecule has 0 fully saturated rings. The van der Waals surface area contributed by atoms with Gasteiger partial charge < -0.3 is 0 Å². The van der Waals surface area contributed by atoms with Crippen LogP contribution in [-0.2, 0) is 0 Å². The second kappa shape index (κ2) is 5.81. The van der Waals surface area contributed by atoms with Gasteiger partial charge in [0.05, 0.1) is 0 Å². The molecule has 1 aromatic carbocycles. The van der Waals surface area contributed by atoms with E-state index in [1.54, 1.807) is 6.92 Å². The molecule has 90 valence electrons. The molecule has 1 aliphatic carbocycles. The minimum Gasteiger partial charge on any atom is -0.295 e. The zero-order valence-corrected chi connectivity index (χ0v) is 10.5. The summed E-state index contributed by atoms with van der Waals surface area (Å²) in [5.41, 5.74) is 3.55. The van der Waals surface area contributed by atoms with Gasteiger partial charge in [-0.25, -0.2) is 0 Å². The molecule has 1 aliphatic rings. The van der Waals surface area contributed by atoms with E-state index in [1.807, 2.05) is 12.1 Å². The fraction of sp³-hybridized carbons (Fsp3) is 0.438. The third kappa shape index (κ3) is 3.29. The Labute approximate surface area is 104 Å². The van der Waals surface area contributed by atoms with Gasteiger partial charge in [0.2, 0.25) is 0 Å². The Morgan fingerprint density at radius 1 is 1.00 bits per heavy atom. The highest BCUT2D eigenvalue weighted by atomic mass is 16.1. The van der Waals surface area contributed by atoms with Gasteiger partial charge in [0.15, 0.2) is 5.78 Å². The SMILES string of the molecule is CC(=O)c1ccc(/C2=C/CCCCCC2)cc1. The quantitative estimate of drug-likeness (QED) is 0.675. The predicted molar refractivity (Wildman–Crippen MR) is 72.1 cm³/mol. The molecule has 0 aliphatic heterocycles. The van der Waals surface area contributed by atoms with E-state index < -0.39 is 0 Å². The Morgan fingerprint density at radius 2 is 1.71 bits per heavy atom. The first-order valence-corrected chi connectivity index (χ1v) is 6.58. The molecule has 1 heteroatoms. The van der Waals surface area contributed by atoms with Crippen LogP contribution >= 0.6 is 0 Å². The second-order valence-electron chi connectivity index (χ2n) is 4.82. The highest BCUT2D eigenvalue weighted by Crippen LogP contribution is 2.25. The maximum absolute atomic E-state index is 11.2. The van der Waals surface area contributed by atoms with Crippen molar-refractivity contribution in [2.24, 2.45) is 0 Å². The average molecular weight is 228 g/mol. The lowest BCUT2D eigenvalue weighted by Crippen LogP contribution is -1.94. The summed E-state index contributed by atoms with van der Waals surface area (Å²) in [5, 5.41) is 0.